The number of ether oxygens (including phenoxy) is 2. The summed E-state index contributed by atoms with van der Waals surface area (Å²) in [5, 5.41) is 2.38. The predicted molar refractivity (Wildman–Crippen MR) is 138 cm³/mol. The number of nitrogens with zero attached hydrogens (tertiary/aromatic N) is 3. The summed E-state index contributed by atoms with van der Waals surface area (Å²) in [4.78, 5) is 23.0. The maximum absolute atomic E-state index is 14.2. The van der Waals surface area contributed by atoms with Crippen molar-refractivity contribution in [2.75, 3.05) is 50.9 Å². The molecule has 0 atom stereocenters. The van der Waals surface area contributed by atoms with Crippen molar-refractivity contribution in [3.05, 3.63) is 66.0 Å². The second-order valence-electron chi connectivity index (χ2n) is 8.47. The number of hydrogen-bond acceptors (Lipinski definition) is 6. The van der Waals surface area contributed by atoms with Crippen LogP contribution < -0.4 is 9.64 Å². The zero-order valence-corrected chi connectivity index (χ0v) is 20.5. The fourth-order valence-corrected chi connectivity index (χ4v) is 5.46. The van der Waals surface area contributed by atoms with E-state index < -0.39 is 0 Å². The fraction of sp³-hybridized carbons (Fsp3) is 0.333. The average molecular weight is 494 g/mol. The molecule has 3 aromatic carbocycles. The predicted octanol–water partition coefficient (Wildman–Crippen LogP) is 5.36. The highest BCUT2D eigenvalue weighted by atomic mass is 32.1. The Morgan fingerprint density at radius 1 is 1.17 bits per heavy atom. The Morgan fingerprint density at radius 2 is 2.00 bits per heavy atom. The number of benzene rings is 3. The molecule has 1 saturated heterocycles. The van der Waals surface area contributed by atoms with Crippen LogP contribution in [0.2, 0.25) is 0 Å². The van der Waals surface area contributed by atoms with Crippen LogP contribution in [0.25, 0.3) is 21.0 Å². The quantitative estimate of drug-likeness (QED) is 0.331. The van der Waals surface area contributed by atoms with Crippen LogP contribution in [-0.2, 0) is 4.74 Å². The Balaban J connectivity index is 1.52. The van der Waals surface area contributed by atoms with Crippen LogP contribution in [0, 0.1) is 5.82 Å². The molecular formula is C27H28FN3O3S. The molecule has 8 heteroatoms. The van der Waals surface area contributed by atoms with E-state index >= 15 is 0 Å². The maximum Gasteiger partial charge on any atom is 0.264 e. The van der Waals surface area contributed by atoms with Crippen LogP contribution in [-0.4, -0.2) is 61.8 Å². The van der Waals surface area contributed by atoms with Gasteiger partial charge in [0.25, 0.3) is 5.91 Å². The summed E-state index contributed by atoms with van der Waals surface area (Å²) in [5.41, 5.74) is 1.21. The Bertz CT molecular complexity index is 1340. The number of thiazole rings is 1. The SMILES string of the molecule is CCOc1ccc2ccccc2c1C(=O)N(CCCN1CCOCC1)c1nc2ccc(F)cc2s1. The molecule has 35 heavy (non-hydrogen) atoms. The summed E-state index contributed by atoms with van der Waals surface area (Å²) < 4.78 is 25.9. The first-order valence-electron chi connectivity index (χ1n) is 12.0. The molecule has 1 aliphatic rings. The Kier molecular flexibility index (Phi) is 7.22. The fourth-order valence-electron chi connectivity index (χ4n) is 4.45. The highest BCUT2D eigenvalue weighted by Crippen LogP contribution is 2.34. The van der Waals surface area contributed by atoms with Crippen molar-refractivity contribution in [3.63, 3.8) is 0 Å². The van der Waals surface area contributed by atoms with Crippen molar-refractivity contribution in [1.82, 2.24) is 9.88 Å². The lowest BCUT2D eigenvalue weighted by Gasteiger charge is -2.28. The van der Waals surface area contributed by atoms with Crippen molar-refractivity contribution < 1.29 is 18.7 Å². The first kappa shape index (κ1) is 23.7. The Labute approximate surface area is 207 Å². The Morgan fingerprint density at radius 3 is 2.83 bits per heavy atom. The Hall–Kier alpha value is -3.07. The summed E-state index contributed by atoms with van der Waals surface area (Å²) in [6.45, 7) is 6.98. The number of morpholine rings is 1. The molecular weight excluding hydrogens is 465 g/mol. The summed E-state index contributed by atoms with van der Waals surface area (Å²) in [6.07, 6.45) is 0.783. The number of carbonyl (C=O) groups excluding carboxylic acids is 1. The summed E-state index contributed by atoms with van der Waals surface area (Å²) in [6, 6.07) is 16.2. The number of amides is 1. The minimum Gasteiger partial charge on any atom is -0.493 e. The van der Waals surface area contributed by atoms with Gasteiger partial charge in [-0.2, -0.15) is 0 Å². The summed E-state index contributed by atoms with van der Waals surface area (Å²) in [7, 11) is 0. The van der Waals surface area contributed by atoms with E-state index in [9.17, 15) is 9.18 Å². The van der Waals surface area contributed by atoms with Gasteiger partial charge in [0.2, 0.25) is 0 Å². The zero-order chi connectivity index (χ0) is 24.2. The van der Waals surface area contributed by atoms with E-state index in [1.165, 1.54) is 23.5 Å². The zero-order valence-electron chi connectivity index (χ0n) is 19.7. The van der Waals surface area contributed by atoms with E-state index in [1.54, 1.807) is 11.0 Å². The van der Waals surface area contributed by atoms with Gasteiger partial charge in [0, 0.05) is 26.2 Å². The first-order valence-corrected chi connectivity index (χ1v) is 12.8. The largest absolute Gasteiger partial charge is 0.493 e. The van der Waals surface area contributed by atoms with E-state index in [0.29, 0.717) is 39.8 Å². The van der Waals surface area contributed by atoms with Gasteiger partial charge < -0.3 is 9.47 Å². The molecule has 0 saturated carbocycles. The van der Waals surface area contributed by atoms with Gasteiger partial charge in [-0.1, -0.05) is 41.7 Å². The third kappa shape index (κ3) is 5.15. The highest BCUT2D eigenvalue weighted by Gasteiger charge is 2.26. The third-order valence-electron chi connectivity index (χ3n) is 6.18. The van der Waals surface area contributed by atoms with E-state index in [2.05, 4.69) is 4.90 Å². The molecule has 0 unspecified atom stereocenters. The number of halogens is 1. The second-order valence-corrected chi connectivity index (χ2v) is 9.47. The van der Waals surface area contributed by atoms with Crippen LogP contribution >= 0.6 is 11.3 Å². The van der Waals surface area contributed by atoms with Gasteiger partial charge >= 0.3 is 0 Å². The minimum atomic E-state index is -0.314. The second kappa shape index (κ2) is 10.7. The van der Waals surface area contributed by atoms with Crippen LogP contribution in [0.15, 0.2) is 54.6 Å². The van der Waals surface area contributed by atoms with Crippen molar-refractivity contribution in [2.24, 2.45) is 0 Å². The van der Waals surface area contributed by atoms with Gasteiger partial charge in [0.1, 0.15) is 11.6 Å². The molecule has 0 spiro atoms. The molecule has 5 rings (SSSR count). The summed E-state index contributed by atoms with van der Waals surface area (Å²) >= 11 is 1.33. The smallest absolute Gasteiger partial charge is 0.264 e. The topological polar surface area (TPSA) is 54.9 Å². The molecule has 1 aromatic heterocycles. The monoisotopic (exact) mass is 493 g/mol. The van der Waals surface area contributed by atoms with Gasteiger partial charge in [-0.25, -0.2) is 9.37 Å². The molecule has 1 fully saturated rings. The van der Waals surface area contributed by atoms with Gasteiger partial charge in [0.15, 0.2) is 5.13 Å². The van der Waals surface area contributed by atoms with Crippen LogP contribution in [0.5, 0.6) is 5.75 Å². The van der Waals surface area contributed by atoms with Gasteiger partial charge in [0.05, 0.1) is 35.6 Å². The van der Waals surface area contributed by atoms with Crippen LogP contribution in [0.3, 0.4) is 0 Å². The standard InChI is InChI=1S/C27H28FN3O3S/c1-2-34-23-11-8-19-6-3-4-7-21(19)25(23)26(32)31(13-5-12-30-14-16-33-17-15-30)27-29-22-10-9-20(28)18-24(22)35-27/h3-4,6-11,18H,2,5,12-17H2,1H3. The van der Waals surface area contributed by atoms with Crippen molar-refractivity contribution in [3.8, 4) is 5.75 Å². The molecule has 0 N–H and O–H groups in total. The average Bonchev–Trinajstić information content (AvgIpc) is 3.29. The highest BCUT2D eigenvalue weighted by molar-refractivity contribution is 7.22. The molecule has 1 amide bonds. The van der Waals surface area contributed by atoms with Crippen molar-refractivity contribution >= 4 is 43.4 Å². The lowest BCUT2D eigenvalue weighted by molar-refractivity contribution is 0.0376. The molecule has 2 heterocycles. The number of rotatable bonds is 8. The van der Waals surface area contributed by atoms with E-state index in [1.807, 2.05) is 43.3 Å². The molecule has 4 aromatic rings. The maximum atomic E-state index is 14.2. The third-order valence-corrected chi connectivity index (χ3v) is 7.22. The van der Waals surface area contributed by atoms with Crippen molar-refractivity contribution in [2.45, 2.75) is 13.3 Å². The van der Waals surface area contributed by atoms with E-state index in [0.717, 1.165) is 50.0 Å². The van der Waals surface area contributed by atoms with E-state index in [4.69, 9.17) is 14.5 Å². The number of fused-ring (bicyclic) bond motifs is 2. The molecule has 6 nitrogen and oxygen atoms in total. The van der Waals surface area contributed by atoms with Crippen LogP contribution in [0.4, 0.5) is 9.52 Å². The molecule has 0 aliphatic carbocycles. The van der Waals surface area contributed by atoms with Gasteiger partial charge in [-0.15, -0.1) is 0 Å². The molecule has 182 valence electrons. The minimum absolute atomic E-state index is 0.160. The molecule has 1 aliphatic heterocycles. The lowest BCUT2D eigenvalue weighted by atomic mass is 10.0. The van der Waals surface area contributed by atoms with Gasteiger partial charge in [-0.3, -0.25) is 14.6 Å². The number of hydrogen-bond donors (Lipinski definition) is 0. The summed E-state index contributed by atoms with van der Waals surface area (Å²) in [5.74, 6) is 0.0823. The molecule has 0 bridgehead atoms. The number of anilines is 1. The number of carbonyl (C=O) groups is 1. The first-order chi connectivity index (χ1) is 17.1. The normalized spacial score (nSPS) is 14.5. The molecule has 0 radical (unpaired) electrons. The van der Waals surface area contributed by atoms with Gasteiger partial charge in [-0.05, 0) is 48.4 Å². The van der Waals surface area contributed by atoms with Crippen molar-refractivity contribution in [1.29, 1.82) is 0 Å². The lowest BCUT2D eigenvalue weighted by Crippen LogP contribution is -2.39. The number of aromatic nitrogens is 1. The van der Waals surface area contributed by atoms with E-state index in [-0.39, 0.29) is 11.7 Å². The van der Waals surface area contributed by atoms with Crippen LogP contribution in [0.1, 0.15) is 23.7 Å².